The molecule has 2 rings (SSSR count). The SMILES string of the molecule is CC.CCc1noc(C)c1CSc1nc(C)cc(C)n1. The first-order valence-corrected chi connectivity index (χ1v) is 7.97. The highest BCUT2D eigenvalue weighted by Gasteiger charge is 2.12. The maximum Gasteiger partial charge on any atom is 0.188 e. The van der Waals surface area contributed by atoms with E-state index in [1.807, 2.05) is 40.7 Å². The van der Waals surface area contributed by atoms with E-state index in [1.165, 1.54) is 5.56 Å². The van der Waals surface area contributed by atoms with E-state index in [2.05, 4.69) is 22.0 Å². The molecule has 0 N–H and O–H groups in total. The van der Waals surface area contributed by atoms with Crippen LogP contribution in [0.15, 0.2) is 15.7 Å². The number of nitrogens with zero attached hydrogens (tertiary/aromatic N) is 3. The van der Waals surface area contributed by atoms with Gasteiger partial charge in [0.15, 0.2) is 5.16 Å². The molecule has 2 aromatic heterocycles. The Kier molecular flexibility index (Phi) is 6.71. The maximum atomic E-state index is 5.22. The second-order valence-corrected chi connectivity index (χ2v) is 5.18. The third-order valence-corrected chi connectivity index (χ3v) is 3.58. The van der Waals surface area contributed by atoms with Crippen LogP contribution in [0.2, 0.25) is 0 Å². The topological polar surface area (TPSA) is 51.8 Å². The van der Waals surface area contributed by atoms with Crippen molar-refractivity contribution in [1.29, 1.82) is 0 Å². The molecule has 0 aliphatic carbocycles. The summed E-state index contributed by atoms with van der Waals surface area (Å²) in [6, 6.07) is 1.98. The molecule has 110 valence electrons. The van der Waals surface area contributed by atoms with Gasteiger partial charge in [-0.2, -0.15) is 0 Å². The van der Waals surface area contributed by atoms with Crippen LogP contribution in [-0.2, 0) is 12.2 Å². The first kappa shape index (κ1) is 16.7. The van der Waals surface area contributed by atoms with Gasteiger partial charge in [0.1, 0.15) is 5.76 Å². The summed E-state index contributed by atoms with van der Waals surface area (Å²) < 4.78 is 5.22. The fourth-order valence-corrected chi connectivity index (χ4v) is 2.86. The lowest BCUT2D eigenvalue weighted by Crippen LogP contribution is -1.95. The van der Waals surface area contributed by atoms with Crippen LogP contribution in [-0.4, -0.2) is 15.1 Å². The molecular formula is C15H23N3OS. The van der Waals surface area contributed by atoms with E-state index in [9.17, 15) is 0 Å². The maximum absolute atomic E-state index is 5.22. The number of aromatic nitrogens is 3. The summed E-state index contributed by atoms with van der Waals surface area (Å²) in [7, 11) is 0. The van der Waals surface area contributed by atoms with Gasteiger partial charge in [0.05, 0.1) is 5.69 Å². The van der Waals surface area contributed by atoms with Gasteiger partial charge < -0.3 is 4.52 Å². The van der Waals surface area contributed by atoms with E-state index in [1.54, 1.807) is 11.8 Å². The number of hydrogen-bond donors (Lipinski definition) is 0. The Hall–Kier alpha value is -1.36. The Balaban J connectivity index is 0.000000956. The van der Waals surface area contributed by atoms with Crippen LogP contribution in [0.5, 0.6) is 0 Å². The normalized spacial score (nSPS) is 10.1. The lowest BCUT2D eigenvalue weighted by atomic mass is 10.2. The van der Waals surface area contributed by atoms with Gasteiger partial charge >= 0.3 is 0 Å². The fraction of sp³-hybridized carbons (Fsp3) is 0.533. The highest BCUT2D eigenvalue weighted by molar-refractivity contribution is 7.98. The molecule has 0 spiro atoms. The fourth-order valence-electron chi connectivity index (χ4n) is 1.79. The zero-order valence-corrected chi connectivity index (χ0v) is 14.0. The molecule has 5 heteroatoms. The predicted octanol–water partition coefficient (Wildman–Crippen LogP) is 4.27. The Morgan fingerprint density at radius 3 is 2.25 bits per heavy atom. The minimum absolute atomic E-state index is 0.807. The van der Waals surface area contributed by atoms with E-state index in [-0.39, 0.29) is 0 Å². The van der Waals surface area contributed by atoms with Crippen molar-refractivity contribution < 1.29 is 4.52 Å². The van der Waals surface area contributed by atoms with Crippen LogP contribution in [0.4, 0.5) is 0 Å². The first-order valence-electron chi connectivity index (χ1n) is 6.99. The number of hydrogen-bond acceptors (Lipinski definition) is 5. The summed E-state index contributed by atoms with van der Waals surface area (Å²) in [5.41, 5.74) is 4.21. The van der Waals surface area contributed by atoms with E-state index < -0.39 is 0 Å². The zero-order chi connectivity index (χ0) is 15.1. The van der Waals surface area contributed by atoms with Gasteiger partial charge in [-0.1, -0.05) is 37.7 Å². The molecule has 2 heterocycles. The summed E-state index contributed by atoms with van der Waals surface area (Å²) in [5, 5.41) is 4.87. The van der Waals surface area contributed by atoms with E-state index in [0.29, 0.717) is 0 Å². The summed E-state index contributed by atoms with van der Waals surface area (Å²) in [4.78, 5) is 8.84. The standard InChI is InChI=1S/C13H17N3OS.C2H6/c1-5-12-11(10(4)17-16-12)7-18-13-14-8(2)6-9(3)15-13;1-2/h6H,5,7H2,1-4H3;1-2H3. The summed E-state index contributed by atoms with van der Waals surface area (Å²) in [6.07, 6.45) is 0.890. The third kappa shape index (κ3) is 4.34. The van der Waals surface area contributed by atoms with Gasteiger partial charge in [-0.3, -0.25) is 0 Å². The molecule has 0 saturated heterocycles. The van der Waals surface area contributed by atoms with Crippen molar-refractivity contribution in [3.8, 4) is 0 Å². The van der Waals surface area contributed by atoms with Crippen molar-refractivity contribution in [1.82, 2.24) is 15.1 Å². The van der Waals surface area contributed by atoms with Crippen LogP contribution < -0.4 is 0 Å². The van der Waals surface area contributed by atoms with Gasteiger partial charge in [-0.25, -0.2) is 9.97 Å². The van der Waals surface area contributed by atoms with Crippen molar-refractivity contribution in [2.75, 3.05) is 0 Å². The van der Waals surface area contributed by atoms with Crippen LogP contribution in [0.3, 0.4) is 0 Å². The van der Waals surface area contributed by atoms with Crippen molar-refractivity contribution in [3.63, 3.8) is 0 Å². The molecule has 20 heavy (non-hydrogen) atoms. The van der Waals surface area contributed by atoms with Gasteiger partial charge in [0, 0.05) is 22.7 Å². The van der Waals surface area contributed by atoms with Crippen LogP contribution in [0.1, 0.15) is 49.2 Å². The average Bonchev–Trinajstić information content (AvgIpc) is 2.78. The van der Waals surface area contributed by atoms with Crippen LogP contribution in [0.25, 0.3) is 0 Å². The van der Waals surface area contributed by atoms with Gasteiger partial charge in [-0.05, 0) is 33.3 Å². The first-order chi connectivity index (χ1) is 9.60. The zero-order valence-electron chi connectivity index (χ0n) is 13.1. The second kappa shape index (κ2) is 8.04. The van der Waals surface area contributed by atoms with Crippen molar-refractivity contribution in [2.24, 2.45) is 0 Å². The van der Waals surface area contributed by atoms with E-state index >= 15 is 0 Å². The Labute approximate surface area is 125 Å². The Bertz CT molecular complexity index is 532. The Morgan fingerprint density at radius 2 is 1.70 bits per heavy atom. The molecule has 0 atom stereocenters. The smallest absolute Gasteiger partial charge is 0.188 e. The summed E-state index contributed by atoms with van der Waals surface area (Å²) in [6.45, 7) is 12.0. The molecule has 0 amide bonds. The summed E-state index contributed by atoms with van der Waals surface area (Å²) >= 11 is 1.63. The lowest BCUT2D eigenvalue weighted by molar-refractivity contribution is 0.390. The molecule has 4 nitrogen and oxygen atoms in total. The Morgan fingerprint density at radius 1 is 1.10 bits per heavy atom. The summed E-state index contributed by atoms with van der Waals surface area (Å²) in [5.74, 6) is 1.70. The third-order valence-electron chi connectivity index (χ3n) is 2.71. The van der Waals surface area contributed by atoms with Gasteiger partial charge in [-0.15, -0.1) is 0 Å². The molecule has 0 unspecified atom stereocenters. The van der Waals surface area contributed by atoms with E-state index in [0.717, 1.165) is 40.2 Å². The number of thioether (sulfide) groups is 1. The predicted molar refractivity (Wildman–Crippen MR) is 83.0 cm³/mol. The highest BCUT2D eigenvalue weighted by Crippen LogP contribution is 2.24. The number of aryl methyl sites for hydroxylation is 4. The number of rotatable bonds is 4. The highest BCUT2D eigenvalue weighted by atomic mass is 32.2. The molecule has 0 fully saturated rings. The van der Waals surface area contributed by atoms with Crippen LogP contribution in [0, 0.1) is 20.8 Å². The molecule has 0 saturated carbocycles. The van der Waals surface area contributed by atoms with Crippen molar-refractivity contribution in [2.45, 2.75) is 58.9 Å². The lowest BCUT2D eigenvalue weighted by Gasteiger charge is -2.03. The molecular weight excluding hydrogens is 270 g/mol. The van der Waals surface area contributed by atoms with Crippen molar-refractivity contribution in [3.05, 3.63) is 34.5 Å². The monoisotopic (exact) mass is 293 g/mol. The molecule has 2 aromatic rings. The largest absolute Gasteiger partial charge is 0.361 e. The van der Waals surface area contributed by atoms with E-state index in [4.69, 9.17) is 4.52 Å². The molecule has 0 radical (unpaired) electrons. The van der Waals surface area contributed by atoms with Gasteiger partial charge in [0.2, 0.25) is 0 Å². The van der Waals surface area contributed by atoms with Gasteiger partial charge in [0.25, 0.3) is 0 Å². The molecule has 0 aliphatic heterocycles. The molecule has 0 bridgehead atoms. The quantitative estimate of drug-likeness (QED) is 0.622. The molecule has 0 aromatic carbocycles. The minimum atomic E-state index is 0.807. The average molecular weight is 293 g/mol. The van der Waals surface area contributed by atoms with Crippen LogP contribution >= 0.6 is 11.8 Å². The molecule has 0 aliphatic rings. The minimum Gasteiger partial charge on any atom is -0.361 e. The second-order valence-electron chi connectivity index (χ2n) is 4.24. The van der Waals surface area contributed by atoms with Crippen molar-refractivity contribution >= 4 is 11.8 Å².